The molecule has 1 atom stereocenters. The van der Waals surface area contributed by atoms with Crippen molar-refractivity contribution in [3.8, 4) is 0 Å². The van der Waals surface area contributed by atoms with Gasteiger partial charge in [-0.3, -0.25) is 0 Å². The molecule has 3 rings (SSSR count). The lowest BCUT2D eigenvalue weighted by molar-refractivity contribution is 0.136. The van der Waals surface area contributed by atoms with Crippen LogP contribution in [0.3, 0.4) is 0 Å². The Labute approximate surface area is 147 Å². The molecule has 2 heterocycles. The second kappa shape index (κ2) is 7.81. The maximum atomic E-state index is 12.7. The standard InChI is InChI=1S/C19H24N2O2S/c1-14-4-2-5-16(12-14)18(17-6-3-11-24-17)20-19(23)21-9-7-15(13-22)8-10-21/h2-6,11-12,15,18,22H,7-10,13H2,1H3,(H,20,23)/t18-/m1/s1. The van der Waals surface area contributed by atoms with Gasteiger partial charge >= 0.3 is 6.03 Å². The number of carbonyl (C=O) groups excluding carboxylic acids is 1. The first kappa shape index (κ1) is 17.0. The molecule has 1 aliphatic heterocycles. The van der Waals surface area contributed by atoms with Gasteiger partial charge in [-0.1, -0.05) is 35.9 Å². The lowest BCUT2D eigenvalue weighted by Crippen LogP contribution is -2.46. The Hall–Kier alpha value is -1.85. The first-order valence-electron chi connectivity index (χ1n) is 8.43. The number of benzene rings is 1. The maximum absolute atomic E-state index is 12.7. The number of hydrogen-bond donors (Lipinski definition) is 2. The average Bonchev–Trinajstić information content (AvgIpc) is 3.14. The van der Waals surface area contributed by atoms with E-state index in [9.17, 15) is 9.90 Å². The number of nitrogens with zero attached hydrogens (tertiary/aromatic N) is 1. The molecule has 0 saturated carbocycles. The van der Waals surface area contributed by atoms with Gasteiger partial charge in [0.1, 0.15) is 0 Å². The van der Waals surface area contributed by atoms with Crippen LogP contribution in [0.25, 0.3) is 0 Å². The summed E-state index contributed by atoms with van der Waals surface area (Å²) >= 11 is 1.66. The van der Waals surface area contributed by atoms with Crippen molar-refractivity contribution in [2.24, 2.45) is 5.92 Å². The summed E-state index contributed by atoms with van der Waals surface area (Å²) in [6.07, 6.45) is 1.75. The molecular formula is C19H24N2O2S. The van der Waals surface area contributed by atoms with Crippen LogP contribution in [0.4, 0.5) is 4.79 Å². The molecule has 1 aromatic carbocycles. The molecule has 128 valence electrons. The number of carbonyl (C=O) groups is 1. The summed E-state index contributed by atoms with van der Waals surface area (Å²) in [6.45, 7) is 3.71. The Balaban J connectivity index is 1.74. The van der Waals surface area contributed by atoms with Gasteiger partial charge in [0, 0.05) is 24.6 Å². The lowest BCUT2D eigenvalue weighted by Gasteiger charge is -2.32. The van der Waals surface area contributed by atoms with Gasteiger partial charge in [0.25, 0.3) is 0 Å². The van der Waals surface area contributed by atoms with Crippen LogP contribution in [0.1, 0.15) is 34.9 Å². The van der Waals surface area contributed by atoms with Crippen LogP contribution in [-0.4, -0.2) is 35.7 Å². The summed E-state index contributed by atoms with van der Waals surface area (Å²) in [4.78, 5) is 15.7. The van der Waals surface area contributed by atoms with Crippen molar-refractivity contribution in [1.29, 1.82) is 0 Å². The van der Waals surface area contributed by atoms with Crippen LogP contribution in [0.15, 0.2) is 41.8 Å². The highest BCUT2D eigenvalue weighted by atomic mass is 32.1. The summed E-state index contributed by atoms with van der Waals surface area (Å²) in [5, 5.41) is 14.5. The van der Waals surface area contributed by atoms with E-state index in [1.165, 1.54) is 5.56 Å². The van der Waals surface area contributed by atoms with Gasteiger partial charge in [-0.2, -0.15) is 0 Å². The second-order valence-electron chi connectivity index (χ2n) is 6.43. The molecule has 4 nitrogen and oxygen atoms in total. The van der Waals surface area contributed by atoms with E-state index < -0.39 is 0 Å². The van der Waals surface area contributed by atoms with E-state index in [4.69, 9.17) is 0 Å². The Morgan fingerprint density at radius 2 is 2.12 bits per heavy atom. The molecule has 1 aromatic heterocycles. The highest BCUT2D eigenvalue weighted by molar-refractivity contribution is 7.10. The number of urea groups is 1. The molecule has 1 saturated heterocycles. The normalized spacial score (nSPS) is 16.8. The summed E-state index contributed by atoms with van der Waals surface area (Å²) in [5.41, 5.74) is 2.29. The number of hydrogen-bond acceptors (Lipinski definition) is 3. The summed E-state index contributed by atoms with van der Waals surface area (Å²) in [5.74, 6) is 0.332. The smallest absolute Gasteiger partial charge is 0.318 e. The summed E-state index contributed by atoms with van der Waals surface area (Å²) < 4.78 is 0. The Kier molecular flexibility index (Phi) is 5.53. The van der Waals surface area contributed by atoms with Crippen molar-refractivity contribution >= 4 is 17.4 Å². The number of rotatable bonds is 4. The zero-order chi connectivity index (χ0) is 16.9. The maximum Gasteiger partial charge on any atom is 0.318 e. The fourth-order valence-electron chi connectivity index (χ4n) is 3.16. The molecular weight excluding hydrogens is 320 g/mol. The highest BCUT2D eigenvalue weighted by Gasteiger charge is 2.25. The van der Waals surface area contributed by atoms with Crippen molar-refractivity contribution < 1.29 is 9.90 Å². The van der Waals surface area contributed by atoms with Gasteiger partial charge in [0.05, 0.1) is 6.04 Å². The third kappa shape index (κ3) is 3.97. The summed E-state index contributed by atoms with van der Waals surface area (Å²) in [7, 11) is 0. The molecule has 1 fully saturated rings. The predicted octanol–water partition coefficient (Wildman–Crippen LogP) is 3.56. The Morgan fingerprint density at radius 3 is 2.75 bits per heavy atom. The second-order valence-corrected chi connectivity index (χ2v) is 7.40. The first-order chi connectivity index (χ1) is 11.7. The number of piperidine rings is 1. The molecule has 0 radical (unpaired) electrons. The van der Waals surface area contributed by atoms with Crippen LogP contribution in [0.5, 0.6) is 0 Å². The topological polar surface area (TPSA) is 52.6 Å². The Bertz CT molecular complexity index is 664. The monoisotopic (exact) mass is 344 g/mol. The largest absolute Gasteiger partial charge is 0.396 e. The van der Waals surface area contributed by atoms with Crippen molar-refractivity contribution in [3.63, 3.8) is 0 Å². The molecule has 2 amide bonds. The average molecular weight is 344 g/mol. The zero-order valence-corrected chi connectivity index (χ0v) is 14.8. The van der Waals surface area contributed by atoms with Gasteiger partial charge in [-0.05, 0) is 42.7 Å². The number of likely N-dealkylation sites (tertiary alicyclic amines) is 1. The lowest BCUT2D eigenvalue weighted by atomic mass is 9.98. The summed E-state index contributed by atoms with van der Waals surface area (Å²) in [6, 6.07) is 12.2. The van der Waals surface area contributed by atoms with Gasteiger partial charge in [-0.15, -0.1) is 11.3 Å². The Morgan fingerprint density at radius 1 is 1.33 bits per heavy atom. The van der Waals surface area contributed by atoms with E-state index in [-0.39, 0.29) is 18.7 Å². The molecule has 24 heavy (non-hydrogen) atoms. The quantitative estimate of drug-likeness (QED) is 0.891. The van der Waals surface area contributed by atoms with E-state index >= 15 is 0 Å². The van der Waals surface area contributed by atoms with Crippen molar-refractivity contribution in [3.05, 3.63) is 57.8 Å². The van der Waals surface area contributed by atoms with Crippen LogP contribution < -0.4 is 5.32 Å². The highest BCUT2D eigenvalue weighted by Crippen LogP contribution is 2.27. The molecule has 0 unspecified atom stereocenters. The predicted molar refractivity (Wildman–Crippen MR) is 97.3 cm³/mol. The van der Waals surface area contributed by atoms with Gasteiger partial charge in [-0.25, -0.2) is 4.79 Å². The SMILES string of the molecule is Cc1cccc([C@@H](NC(=O)N2CCC(CO)CC2)c2cccs2)c1. The van der Waals surface area contributed by atoms with Gasteiger partial charge < -0.3 is 15.3 Å². The zero-order valence-electron chi connectivity index (χ0n) is 13.9. The number of thiophene rings is 1. The molecule has 0 bridgehead atoms. The third-order valence-corrected chi connectivity index (χ3v) is 5.57. The van der Waals surface area contributed by atoms with Crippen LogP contribution in [0.2, 0.25) is 0 Å². The van der Waals surface area contributed by atoms with Crippen LogP contribution in [-0.2, 0) is 0 Å². The minimum atomic E-state index is -0.118. The first-order valence-corrected chi connectivity index (χ1v) is 9.31. The number of amides is 2. The molecule has 2 N–H and O–H groups in total. The molecule has 2 aromatic rings. The van der Waals surface area contributed by atoms with E-state index in [0.29, 0.717) is 19.0 Å². The van der Waals surface area contributed by atoms with E-state index in [1.807, 2.05) is 22.4 Å². The number of aryl methyl sites for hydroxylation is 1. The van der Waals surface area contributed by atoms with E-state index in [2.05, 4.69) is 36.5 Å². The van der Waals surface area contributed by atoms with Crippen molar-refractivity contribution in [1.82, 2.24) is 10.2 Å². The number of aliphatic hydroxyl groups is 1. The fourth-order valence-corrected chi connectivity index (χ4v) is 3.96. The molecule has 0 aliphatic carbocycles. The van der Waals surface area contributed by atoms with E-state index in [1.54, 1.807) is 11.3 Å². The molecule has 0 spiro atoms. The number of nitrogens with one attached hydrogen (secondary N) is 1. The minimum Gasteiger partial charge on any atom is -0.396 e. The minimum absolute atomic E-state index is 0.0219. The van der Waals surface area contributed by atoms with Crippen LogP contribution in [0, 0.1) is 12.8 Å². The van der Waals surface area contributed by atoms with Crippen molar-refractivity contribution in [2.75, 3.05) is 19.7 Å². The van der Waals surface area contributed by atoms with Gasteiger partial charge in [0.15, 0.2) is 0 Å². The van der Waals surface area contributed by atoms with Gasteiger partial charge in [0.2, 0.25) is 0 Å². The third-order valence-electron chi connectivity index (χ3n) is 4.63. The number of aliphatic hydroxyl groups excluding tert-OH is 1. The van der Waals surface area contributed by atoms with E-state index in [0.717, 1.165) is 23.3 Å². The fraction of sp³-hybridized carbons (Fsp3) is 0.421. The van der Waals surface area contributed by atoms with Crippen molar-refractivity contribution in [2.45, 2.75) is 25.8 Å². The van der Waals surface area contributed by atoms with Crippen LogP contribution >= 0.6 is 11.3 Å². The molecule has 1 aliphatic rings. The molecule has 5 heteroatoms.